The number of hydrogen-bond donors (Lipinski definition) is 1. The van der Waals surface area contributed by atoms with Crippen LogP contribution in [0.2, 0.25) is 0 Å². The van der Waals surface area contributed by atoms with Crippen molar-refractivity contribution >= 4 is 17.6 Å². The number of nitrogen functional groups attached to an aromatic ring is 1. The van der Waals surface area contributed by atoms with E-state index in [0.29, 0.717) is 5.82 Å². The summed E-state index contributed by atoms with van der Waals surface area (Å²) in [4.78, 5) is 28.4. The Hall–Kier alpha value is -3.62. The average molecular weight is 372 g/mol. The van der Waals surface area contributed by atoms with E-state index < -0.39 is 35.6 Å². The van der Waals surface area contributed by atoms with Gasteiger partial charge >= 0.3 is 5.97 Å². The summed E-state index contributed by atoms with van der Waals surface area (Å²) in [6.07, 6.45) is 1.53. The van der Waals surface area contributed by atoms with Crippen LogP contribution in [0.4, 0.5) is 14.6 Å². The standard InChI is InChI=1S/C18H14F2N4O3/c1-10-15(17(21)24(23-10)14-7-2-3-8-22-14)18(26)27-9-13(25)16-11(19)5-4-6-12(16)20/h2-8H,9,21H2,1H3. The number of anilines is 1. The molecule has 27 heavy (non-hydrogen) atoms. The van der Waals surface area contributed by atoms with Crippen LogP contribution in [-0.2, 0) is 4.74 Å². The normalized spacial score (nSPS) is 10.6. The molecule has 0 atom stereocenters. The van der Waals surface area contributed by atoms with Crippen LogP contribution in [-0.4, -0.2) is 33.1 Å². The Morgan fingerprint density at radius 2 is 1.81 bits per heavy atom. The molecule has 0 bridgehead atoms. The highest BCUT2D eigenvalue weighted by atomic mass is 19.1. The molecule has 0 amide bonds. The maximum Gasteiger partial charge on any atom is 0.344 e. The van der Waals surface area contributed by atoms with Crippen molar-refractivity contribution in [1.82, 2.24) is 14.8 Å². The molecule has 0 aliphatic carbocycles. The van der Waals surface area contributed by atoms with Crippen LogP contribution in [0.25, 0.3) is 5.82 Å². The van der Waals surface area contributed by atoms with E-state index >= 15 is 0 Å². The minimum Gasteiger partial charge on any atom is -0.454 e. The smallest absolute Gasteiger partial charge is 0.344 e. The van der Waals surface area contributed by atoms with Gasteiger partial charge in [0.2, 0.25) is 5.78 Å². The van der Waals surface area contributed by atoms with E-state index in [1.807, 2.05) is 0 Å². The molecule has 3 rings (SSSR count). The molecule has 0 radical (unpaired) electrons. The van der Waals surface area contributed by atoms with E-state index in [0.717, 1.165) is 18.2 Å². The van der Waals surface area contributed by atoms with Gasteiger partial charge in [0.15, 0.2) is 12.4 Å². The molecule has 138 valence electrons. The Kier molecular flexibility index (Phi) is 4.93. The van der Waals surface area contributed by atoms with Gasteiger partial charge in [-0.05, 0) is 31.2 Å². The first kappa shape index (κ1) is 18.2. The summed E-state index contributed by atoms with van der Waals surface area (Å²) in [5.74, 6) is -3.64. The number of benzene rings is 1. The van der Waals surface area contributed by atoms with Crippen LogP contribution in [0.1, 0.15) is 26.4 Å². The second-order valence-electron chi connectivity index (χ2n) is 5.54. The first-order valence-corrected chi connectivity index (χ1v) is 7.81. The van der Waals surface area contributed by atoms with Gasteiger partial charge in [0, 0.05) is 6.20 Å². The third-order valence-electron chi connectivity index (χ3n) is 3.74. The molecule has 0 saturated heterocycles. The minimum atomic E-state index is -1.03. The molecule has 1 aromatic carbocycles. The van der Waals surface area contributed by atoms with E-state index in [2.05, 4.69) is 10.1 Å². The fourth-order valence-electron chi connectivity index (χ4n) is 2.49. The number of aromatic nitrogens is 3. The van der Waals surface area contributed by atoms with Gasteiger partial charge in [-0.3, -0.25) is 4.79 Å². The summed E-state index contributed by atoms with van der Waals surface area (Å²) < 4.78 is 33.4. The molecule has 0 aliphatic heterocycles. The van der Waals surface area contributed by atoms with Crippen molar-refractivity contribution in [2.75, 3.05) is 12.3 Å². The molecule has 0 unspecified atom stereocenters. The maximum absolute atomic E-state index is 13.6. The first-order chi connectivity index (χ1) is 12.9. The van der Waals surface area contributed by atoms with Crippen LogP contribution in [0.5, 0.6) is 0 Å². The highest BCUT2D eigenvalue weighted by molar-refractivity contribution is 6.01. The van der Waals surface area contributed by atoms with Gasteiger partial charge in [0.25, 0.3) is 0 Å². The number of carbonyl (C=O) groups excluding carboxylic acids is 2. The van der Waals surface area contributed by atoms with Crippen molar-refractivity contribution in [3.8, 4) is 5.82 Å². The van der Waals surface area contributed by atoms with E-state index in [9.17, 15) is 18.4 Å². The number of ether oxygens (including phenoxy) is 1. The zero-order valence-corrected chi connectivity index (χ0v) is 14.1. The molecular formula is C18H14F2N4O3. The number of rotatable bonds is 5. The predicted molar refractivity (Wildman–Crippen MR) is 91.5 cm³/mol. The monoisotopic (exact) mass is 372 g/mol. The number of hydrogen-bond acceptors (Lipinski definition) is 6. The Morgan fingerprint density at radius 1 is 1.11 bits per heavy atom. The zero-order valence-electron chi connectivity index (χ0n) is 14.1. The molecule has 2 aromatic heterocycles. The van der Waals surface area contributed by atoms with E-state index in [1.165, 1.54) is 17.8 Å². The summed E-state index contributed by atoms with van der Waals surface area (Å²) in [5.41, 5.74) is 5.40. The van der Waals surface area contributed by atoms with Crippen molar-refractivity contribution in [3.05, 3.63) is 71.1 Å². The first-order valence-electron chi connectivity index (χ1n) is 7.81. The van der Waals surface area contributed by atoms with Crippen molar-refractivity contribution in [1.29, 1.82) is 0 Å². The lowest BCUT2D eigenvalue weighted by atomic mass is 10.1. The Bertz CT molecular complexity index is 999. The minimum absolute atomic E-state index is 0.0271. The number of aryl methyl sites for hydroxylation is 1. The van der Waals surface area contributed by atoms with Crippen LogP contribution in [0, 0.1) is 18.6 Å². The largest absolute Gasteiger partial charge is 0.454 e. The van der Waals surface area contributed by atoms with E-state index in [-0.39, 0.29) is 17.1 Å². The van der Waals surface area contributed by atoms with Gasteiger partial charge in [0.1, 0.15) is 23.0 Å². The van der Waals surface area contributed by atoms with Crippen molar-refractivity contribution < 1.29 is 23.1 Å². The quantitative estimate of drug-likeness (QED) is 0.546. The summed E-state index contributed by atoms with van der Waals surface area (Å²) in [6, 6.07) is 8.08. The summed E-state index contributed by atoms with van der Waals surface area (Å²) in [5, 5.41) is 4.14. The second-order valence-corrected chi connectivity index (χ2v) is 5.54. The van der Waals surface area contributed by atoms with E-state index in [4.69, 9.17) is 10.5 Å². The fraction of sp³-hybridized carbons (Fsp3) is 0.111. The van der Waals surface area contributed by atoms with Crippen LogP contribution in [0.3, 0.4) is 0 Å². The van der Waals surface area contributed by atoms with Gasteiger partial charge < -0.3 is 10.5 Å². The second kappa shape index (κ2) is 7.32. The number of Topliss-reactive ketones (excluding diaryl/α,β-unsaturated/α-hetero) is 1. The number of halogens is 2. The molecule has 2 heterocycles. The highest BCUT2D eigenvalue weighted by Gasteiger charge is 2.24. The molecule has 0 saturated carbocycles. The average Bonchev–Trinajstić information content (AvgIpc) is 2.94. The topological polar surface area (TPSA) is 100 Å². The lowest BCUT2D eigenvalue weighted by Crippen LogP contribution is -2.18. The van der Waals surface area contributed by atoms with E-state index in [1.54, 1.807) is 18.2 Å². The SMILES string of the molecule is Cc1nn(-c2ccccn2)c(N)c1C(=O)OCC(=O)c1c(F)cccc1F. The molecule has 7 nitrogen and oxygen atoms in total. The number of esters is 1. The van der Waals surface area contributed by atoms with Gasteiger partial charge in [-0.1, -0.05) is 12.1 Å². The summed E-state index contributed by atoms with van der Waals surface area (Å²) in [7, 11) is 0. The fourth-order valence-corrected chi connectivity index (χ4v) is 2.49. The number of pyridine rings is 1. The van der Waals surface area contributed by atoms with Gasteiger partial charge in [-0.25, -0.2) is 18.6 Å². The number of nitrogens with zero attached hydrogens (tertiary/aromatic N) is 3. The van der Waals surface area contributed by atoms with Crippen LogP contribution >= 0.6 is 0 Å². The lowest BCUT2D eigenvalue weighted by molar-refractivity contribution is 0.0472. The van der Waals surface area contributed by atoms with Crippen LogP contribution < -0.4 is 5.73 Å². The molecular weight excluding hydrogens is 358 g/mol. The maximum atomic E-state index is 13.6. The Morgan fingerprint density at radius 3 is 2.44 bits per heavy atom. The summed E-state index contributed by atoms with van der Waals surface area (Å²) >= 11 is 0. The van der Waals surface area contributed by atoms with Crippen molar-refractivity contribution in [2.24, 2.45) is 0 Å². The third-order valence-corrected chi connectivity index (χ3v) is 3.74. The molecule has 9 heteroatoms. The number of carbonyl (C=O) groups is 2. The van der Waals surface area contributed by atoms with Gasteiger partial charge in [-0.2, -0.15) is 9.78 Å². The lowest BCUT2D eigenvalue weighted by Gasteiger charge is -2.07. The molecule has 0 fully saturated rings. The Labute approximate surface area is 152 Å². The van der Waals surface area contributed by atoms with Gasteiger partial charge in [-0.15, -0.1) is 0 Å². The number of nitrogens with two attached hydrogens (primary N) is 1. The molecule has 0 aliphatic rings. The Balaban J connectivity index is 1.79. The summed E-state index contributed by atoms with van der Waals surface area (Å²) in [6.45, 7) is 0.690. The number of ketones is 1. The molecule has 2 N–H and O–H groups in total. The highest BCUT2D eigenvalue weighted by Crippen LogP contribution is 2.21. The van der Waals surface area contributed by atoms with Gasteiger partial charge in [0.05, 0.1) is 11.3 Å². The molecule has 3 aromatic rings. The van der Waals surface area contributed by atoms with Crippen molar-refractivity contribution in [3.63, 3.8) is 0 Å². The van der Waals surface area contributed by atoms with Crippen LogP contribution in [0.15, 0.2) is 42.6 Å². The third kappa shape index (κ3) is 3.52. The van der Waals surface area contributed by atoms with Crippen molar-refractivity contribution in [2.45, 2.75) is 6.92 Å². The predicted octanol–water partition coefficient (Wildman–Crippen LogP) is 2.48. The molecule has 0 spiro atoms. The zero-order chi connectivity index (χ0) is 19.6.